The smallest absolute Gasteiger partial charge is 0.341 e. The van der Waals surface area contributed by atoms with Crippen LogP contribution in [0.15, 0.2) is 30.3 Å². The number of fused-ring (bicyclic) bond motifs is 1. The zero-order valence-corrected chi connectivity index (χ0v) is 24.2. The van der Waals surface area contributed by atoms with Gasteiger partial charge in [0.1, 0.15) is 23.5 Å². The van der Waals surface area contributed by atoms with Gasteiger partial charge in [-0.3, -0.25) is 9.59 Å². The monoisotopic (exact) mass is 562 g/mol. The predicted octanol–water partition coefficient (Wildman–Crippen LogP) is -0.615. The number of sulfonamides is 1. The largest absolute Gasteiger partial charge is 0.480 e. The molecule has 6 amide bonds. The molecule has 0 aromatic heterocycles. The summed E-state index contributed by atoms with van der Waals surface area (Å²) in [6.07, 6.45) is 0.850. The fraction of sp³-hybridized carbons (Fsp3) is 0.476. The molecule has 3 heterocycles. The van der Waals surface area contributed by atoms with Crippen molar-refractivity contribution in [3.8, 4) is 0 Å². The second-order valence-corrected chi connectivity index (χ2v) is 12.8. The van der Waals surface area contributed by atoms with Gasteiger partial charge in [-0.05, 0) is 19.4 Å². The van der Waals surface area contributed by atoms with Crippen molar-refractivity contribution >= 4 is 81.2 Å². The van der Waals surface area contributed by atoms with Gasteiger partial charge >= 0.3 is 18.0 Å². The Morgan fingerprint density at radius 2 is 1.76 bits per heavy atom. The topological polar surface area (TPSA) is 173 Å². The number of carboxylic acids is 1. The second kappa shape index (κ2) is 10.4. The number of imide groups is 1. The van der Waals surface area contributed by atoms with Crippen LogP contribution in [0, 0.1) is 0 Å². The number of hydrogen-bond acceptors (Lipinski definition) is 8. The first-order chi connectivity index (χ1) is 16.7. The first kappa shape index (κ1) is 29.2. The van der Waals surface area contributed by atoms with Crippen LogP contribution in [0.3, 0.4) is 0 Å². The predicted molar refractivity (Wildman–Crippen MR) is 133 cm³/mol. The van der Waals surface area contributed by atoms with Crippen molar-refractivity contribution in [1.82, 2.24) is 24.7 Å². The fourth-order valence-corrected chi connectivity index (χ4v) is 6.96. The first-order valence-electron chi connectivity index (χ1n) is 10.9. The average molecular weight is 563 g/mol. The molecule has 0 spiro atoms. The van der Waals surface area contributed by atoms with Crippen LogP contribution in [-0.2, 0) is 24.4 Å². The first-order valence-corrected chi connectivity index (χ1v) is 13.6. The number of benzene rings is 1. The summed E-state index contributed by atoms with van der Waals surface area (Å²) in [6.45, 7) is 3.02. The zero-order chi connectivity index (χ0) is 26.6. The molecule has 0 aliphatic carbocycles. The summed E-state index contributed by atoms with van der Waals surface area (Å²) in [4.78, 5) is 65.0. The SMILES string of the molecule is CC1(C)S[C@H]2[C@@H](NC(=O)[C@@H](NC(=O)N3CCN(S(C)(=O)=O)C3=O)c3ccccc3)C(=O)N2[C@@H]1C(=O)O.[Na]. The summed E-state index contributed by atoms with van der Waals surface area (Å²) in [7, 11) is -3.87. The van der Waals surface area contributed by atoms with Crippen LogP contribution in [0.1, 0.15) is 25.5 Å². The minimum atomic E-state index is -3.87. The maximum atomic E-state index is 13.3. The molecular formula is C21H25N5NaO8S2. The van der Waals surface area contributed by atoms with E-state index in [1.807, 2.05) is 0 Å². The van der Waals surface area contributed by atoms with Crippen LogP contribution in [0.5, 0.6) is 0 Å². The molecule has 13 nitrogen and oxygen atoms in total. The Kier molecular flexibility index (Phi) is 8.25. The number of carbonyl (C=O) groups excluding carboxylic acids is 4. The van der Waals surface area contributed by atoms with Crippen molar-refractivity contribution < 1.29 is 37.5 Å². The maximum absolute atomic E-state index is 13.3. The molecule has 3 saturated heterocycles. The molecule has 1 radical (unpaired) electrons. The molecule has 0 unspecified atom stereocenters. The molecule has 4 atom stereocenters. The van der Waals surface area contributed by atoms with Gasteiger partial charge in [-0.2, -0.15) is 0 Å². The summed E-state index contributed by atoms with van der Waals surface area (Å²) in [5.41, 5.74) is 0.362. The van der Waals surface area contributed by atoms with Crippen molar-refractivity contribution in [3.63, 3.8) is 0 Å². The number of amides is 6. The Morgan fingerprint density at radius 1 is 1.14 bits per heavy atom. The van der Waals surface area contributed by atoms with Crippen molar-refractivity contribution in [2.75, 3.05) is 19.3 Å². The van der Waals surface area contributed by atoms with E-state index in [1.54, 1.807) is 44.2 Å². The van der Waals surface area contributed by atoms with E-state index in [4.69, 9.17) is 0 Å². The molecule has 16 heteroatoms. The summed E-state index contributed by atoms with van der Waals surface area (Å²) >= 11 is 1.26. The van der Waals surface area contributed by atoms with E-state index in [9.17, 15) is 37.5 Å². The minimum Gasteiger partial charge on any atom is -0.480 e. The van der Waals surface area contributed by atoms with Gasteiger partial charge in [-0.25, -0.2) is 32.0 Å². The molecule has 3 aliphatic heterocycles. The Morgan fingerprint density at radius 3 is 2.30 bits per heavy atom. The quantitative estimate of drug-likeness (QED) is 0.302. The van der Waals surface area contributed by atoms with Crippen LogP contribution >= 0.6 is 11.8 Å². The van der Waals surface area contributed by atoms with Gasteiger partial charge in [-0.15, -0.1) is 11.8 Å². The van der Waals surface area contributed by atoms with Crippen molar-refractivity contribution in [2.45, 2.75) is 42.1 Å². The Balaban J connectivity index is 0.00000380. The van der Waals surface area contributed by atoms with Crippen molar-refractivity contribution in [2.24, 2.45) is 0 Å². The molecule has 3 N–H and O–H groups in total. The van der Waals surface area contributed by atoms with Crippen LogP contribution in [0.25, 0.3) is 0 Å². The fourth-order valence-electron chi connectivity index (χ4n) is 4.54. The van der Waals surface area contributed by atoms with Crippen LogP contribution in [-0.4, -0.2) is 129 Å². The standard InChI is InChI=1S/C21H25N5O8S2.Na/c1-21(2)14(18(29)30)26-16(28)13(17(26)35-21)22-15(27)12(11-7-5-4-6-8-11)23-19(31)24-9-10-25(20(24)32)36(3,33)34;/h4-8,12-14,17H,9-10H2,1-3H3,(H,22,27)(H,23,31)(H,29,30);/t12-,13-,14+,17-;/m0./s1. The van der Waals surface area contributed by atoms with Crippen LogP contribution in [0.4, 0.5) is 9.59 Å². The summed E-state index contributed by atoms with van der Waals surface area (Å²) in [5.74, 6) is -2.42. The van der Waals surface area contributed by atoms with E-state index in [1.165, 1.54) is 16.7 Å². The summed E-state index contributed by atoms with van der Waals surface area (Å²) in [5, 5.41) is 14.0. The molecule has 4 rings (SSSR count). The van der Waals surface area contributed by atoms with E-state index in [0.29, 0.717) is 14.8 Å². The zero-order valence-electron chi connectivity index (χ0n) is 20.6. The summed E-state index contributed by atoms with van der Waals surface area (Å²) < 4.78 is 23.3. The Hall–Kier alpha value is -2.33. The van der Waals surface area contributed by atoms with E-state index >= 15 is 0 Å². The van der Waals surface area contributed by atoms with Gasteiger partial charge in [0.05, 0.1) is 19.3 Å². The van der Waals surface area contributed by atoms with Gasteiger partial charge in [0.15, 0.2) is 0 Å². The van der Waals surface area contributed by atoms with Gasteiger partial charge in [0.2, 0.25) is 21.8 Å². The van der Waals surface area contributed by atoms with E-state index in [2.05, 4.69) is 10.6 Å². The number of nitrogens with one attached hydrogen (secondary N) is 2. The number of carbonyl (C=O) groups is 5. The van der Waals surface area contributed by atoms with E-state index in [-0.39, 0.29) is 42.6 Å². The van der Waals surface area contributed by atoms with E-state index < -0.39 is 68.1 Å². The normalized spacial score (nSPS) is 25.1. The number of nitrogens with zero attached hydrogens (tertiary/aromatic N) is 3. The number of rotatable bonds is 6. The van der Waals surface area contributed by atoms with Gasteiger partial charge in [0.25, 0.3) is 0 Å². The van der Waals surface area contributed by atoms with Gasteiger partial charge < -0.3 is 20.6 Å². The molecule has 1 aromatic rings. The molecule has 3 fully saturated rings. The molecule has 0 saturated carbocycles. The third-order valence-electron chi connectivity index (χ3n) is 6.25. The number of aliphatic carboxylic acids is 1. The van der Waals surface area contributed by atoms with Crippen LogP contribution in [0.2, 0.25) is 0 Å². The van der Waals surface area contributed by atoms with E-state index in [0.717, 1.165) is 6.26 Å². The number of urea groups is 2. The third-order valence-corrected chi connectivity index (χ3v) is 8.96. The maximum Gasteiger partial charge on any atom is 0.341 e. The molecular weight excluding hydrogens is 537 g/mol. The minimum absolute atomic E-state index is 0. The molecule has 3 aliphatic rings. The van der Waals surface area contributed by atoms with Gasteiger partial charge in [-0.1, -0.05) is 30.3 Å². The molecule has 195 valence electrons. The number of β-lactam (4-membered cyclic amide) rings is 1. The number of carboxylic acid groups (broad SMARTS) is 1. The second-order valence-electron chi connectivity index (χ2n) is 9.15. The van der Waals surface area contributed by atoms with Gasteiger partial charge in [0, 0.05) is 34.3 Å². The molecule has 1 aromatic carbocycles. The number of thioether (sulfide) groups is 1. The third kappa shape index (κ3) is 5.32. The molecule has 0 bridgehead atoms. The summed E-state index contributed by atoms with van der Waals surface area (Å²) in [6, 6.07) is 2.76. The van der Waals surface area contributed by atoms with Crippen molar-refractivity contribution in [1.29, 1.82) is 0 Å². The molecule has 37 heavy (non-hydrogen) atoms. The average Bonchev–Trinajstić information content (AvgIpc) is 3.31. The Labute approximate surface area is 239 Å². The Bertz CT molecular complexity index is 1240. The number of hydrogen-bond donors (Lipinski definition) is 3. The van der Waals surface area contributed by atoms with Crippen LogP contribution < -0.4 is 10.6 Å². The van der Waals surface area contributed by atoms with Crippen molar-refractivity contribution in [3.05, 3.63) is 35.9 Å².